The van der Waals surface area contributed by atoms with E-state index in [9.17, 15) is 4.79 Å². The highest BCUT2D eigenvalue weighted by Crippen LogP contribution is 2.32. The molecule has 0 heterocycles. The first kappa shape index (κ1) is 17.2. The fourth-order valence-electron chi connectivity index (χ4n) is 2.52. The largest absolute Gasteiger partial charge is 0.481 e. The molecule has 1 atom stereocenters. The minimum absolute atomic E-state index is 0.0710. The van der Waals surface area contributed by atoms with Gasteiger partial charge in [0.1, 0.15) is 0 Å². The number of benzene rings is 1. The Hall–Kier alpha value is -0.870. The van der Waals surface area contributed by atoms with Crippen LogP contribution in [0.15, 0.2) is 28.7 Å². The SMILES string of the molecule is CCC(c1cccc(Br)c1)N(CCC(=O)O)C(C)(C)C. The lowest BCUT2D eigenvalue weighted by Gasteiger charge is -2.41. The van der Waals surface area contributed by atoms with E-state index in [0.29, 0.717) is 6.54 Å². The normalized spacial score (nSPS) is 13.5. The van der Waals surface area contributed by atoms with E-state index in [-0.39, 0.29) is 18.0 Å². The molecule has 0 spiro atoms. The number of carboxylic acids is 1. The van der Waals surface area contributed by atoms with Crippen LogP contribution in [0, 0.1) is 0 Å². The van der Waals surface area contributed by atoms with Crippen molar-refractivity contribution in [2.24, 2.45) is 0 Å². The summed E-state index contributed by atoms with van der Waals surface area (Å²) in [4.78, 5) is 13.2. The van der Waals surface area contributed by atoms with Crippen LogP contribution in [-0.4, -0.2) is 28.1 Å². The minimum atomic E-state index is -0.747. The van der Waals surface area contributed by atoms with Crippen LogP contribution in [0.1, 0.15) is 52.1 Å². The Bertz CT molecular complexity index is 454. The Morgan fingerprint density at radius 3 is 2.50 bits per heavy atom. The molecule has 4 heteroatoms. The summed E-state index contributed by atoms with van der Waals surface area (Å²) >= 11 is 3.51. The highest BCUT2D eigenvalue weighted by atomic mass is 79.9. The van der Waals surface area contributed by atoms with Gasteiger partial charge in [-0.25, -0.2) is 0 Å². The number of nitrogens with zero attached hydrogens (tertiary/aromatic N) is 1. The van der Waals surface area contributed by atoms with Crippen LogP contribution >= 0.6 is 15.9 Å². The maximum Gasteiger partial charge on any atom is 0.304 e. The Kier molecular flexibility index (Phi) is 6.21. The third-order valence-electron chi connectivity index (χ3n) is 3.42. The Morgan fingerprint density at radius 1 is 1.40 bits per heavy atom. The van der Waals surface area contributed by atoms with Gasteiger partial charge in [-0.3, -0.25) is 9.69 Å². The molecule has 1 aromatic carbocycles. The number of carboxylic acid groups (broad SMARTS) is 1. The van der Waals surface area contributed by atoms with Crippen LogP contribution in [-0.2, 0) is 4.79 Å². The fourth-order valence-corrected chi connectivity index (χ4v) is 2.94. The van der Waals surface area contributed by atoms with Crippen LogP contribution in [0.25, 0.3) is 0 Å². The van der Waals surface area contributed by atoms with Gasteiger partial charge in [-0.15, -0.1) is 0 Å². The zero-order valence-electron chi connectivity index (χ0n) is 12.7. The lowest BCUT2D eigenvalue weighted by Crippen LogP contribution is -2.44. The molecule has 3 nitrogen and oxygen atoms in total. The van der Waals surface area contributed by atoms with Crippen LogP contribution in [0.2, 0.25) is 0 Å². The van der Waals surface area contributed by atoms with Gasteiger partial charge in [0.2, 0.25) is 0 Å². The van der Waals surface area contributed by atoms with Gasteiger partial charge in [-0.1, -0.05) is 35.0 Å². The van der Waals surface area contributed by atoms with E-state index in [0.717, 1.165) is 10.9 Å². The molecular weight excluding hydrogens is 318 g/mol. The van der Waals surface area contributed by atoms with Crippen LogP contribution in [0.4, 0.5) is 0 Å². The van der Waals surface area contributed by atoms with Crippen molar-refractivity contribution in [2.75, 3.05) is 6.54 Å². The summed E-state index contributed by atoms with van der Waals surface area (Å²) in [7, 11) is 0. The highest BCUT2D eigenvalue weighted by Gasteiger charge is 2.29. The van der Waals surface area contributed by atoms with Gasteiger partial charge in [0.05, 0.1) is 6.42 Å². The minimum Gasteiger partial charge on any atom is -0.481 e. The first-order chi connectivity index (χ1) is 9.25. The van der Waals surface area contributed by atoms with Gasteiger partial charge < -0.3 is 5.11 Å². The number of halogens is 1. The van der Waals surface area contributed by atoms with Gasteiger partial charge in [0, 0.05) is 22.6 Å². The predicted octanol–water partition coefficient (Wildman–Crippen LogP) is 4.48. The molecule has 0 saturated heterocycles. The Labute approximate surface area is 130 Å². The van der Waals surface area contributed by atoms with Crippen LogP contribution in [0.3, 0.4) is 0 Å². The molecule has 0 aliphatic heterocycles. The third-order valence-corrected chi connectivity index (χ3v) is 3.92. The van der Waals surface area contributed by atoms with Gasteiger partial charge in [-0.05, 0) is 44.9 Å². The molecule has 0 saturated carbocycles. The Balaban J connectivity index is 3.04. The van der Waals surface area contributed by atoms with E-state index in [1.54, 1.807) is 0 Å². The second-order valence-electron chi connectivity index (χ2n) is 5.99. The maximum absolute atomic E-state index is 10.9. The van der Waals surface area contributed by atoms with Crippen molar-refractivity contribution in [3.8, 4) is 0 Å². The maximum atomic E-state index is 10.9. The molecule has 1 unspecified atom stereocenters. The van der Waals surface area contributed by atoms with Crippen molar-refractivity contribution < 1.29 is 9.90 Å². The average Bonchev–Trinajstić information content (AvgIpc) is 2.32. The molecule has 0 aliphatic carbocycles. The molecule has 0 amide bonds. The standard InChI is InChI=1S/C16H24BrNO2/c1-5-14(12-7-6-8-13(17)11-12)18(16(2,3)4)10-9-15(19)20/h6-8,11,14H,5,9-10H2,1-4H3,(H,19,20). The summed E-state index contributed by atoms with van der Waals surface area (Å²) in [5, 5.41) is 8.96. The number of carbonyl (C=O) groups is 1. The zero-order chi connectivity index (χ0) is 15.3. The van der Waals surface area contributed by atoms with Gasteiger partial charge in [0.15, 0.2) is 0 Å². The molecule has 0 bridgehead atoms. The highest BCUT2D eigenvalue weighted by molar-refractivity contribution is 9.10. The molecule has 0 aromatic heterocycles. The van der Waals surface area contributed by atoms with Gasteiger partial charge >= 0.3 is 5.97 Å². The first-order valence-corrected chi connectivity index (χ1v) is 7.79. The average molecular weight is 342 g/mol. The van der Waals surface area contributed by atoms with E-state index in [4.69, 9.17) is 5.11 Å². The van der Waals surface area contributed by atoms with Crippen molar-refractivity contribution in [3.63, 3.8) is 0 Å². The first-order valence-electron chi connectivity index (χ1n) is 6.99. The quantitative estimate of drug-likeness (QED) is 0.829. The lowest BCUT2D eigenvalue weighted by molar-refractivity contribution is -0.137. The Morgan fingerprint density at radius 2 is 2.05 bits per heavy atom. The van der Waals surface area contributed by atoms with Crippen molar-refractivity contribution in [1.29, 1.82) is 0 Å². The topological polar surface area (TPSA) is 40.5 Å². The smallest absolute Gasteiger partial charge is 0.304 e. The molecule has 0 radical (unpaired) electrons. The van der Waals surface area contributed by atoms with Gasteiger partial charge in [0.25, 0.3) is 0 Å². The lowest BCUT2D eigenvalue weighted by atomic mass is 9.95. The number of hydrogen-bond donors (Lipinski definition) is 1. The summed E-state index contributed by atoms with van der Waals surface area (Å²) in [5.74, 6) is -0.747. The molecule has 20 heavy (non-hydrogen) atoms. The molecule has 0 aliphatic rings. The number of rotatable bonds is 6. The van der Waals surface area contributed by atoms with Crippen LogP contribution < -0.4 is 0 Å². The monoisotopic (exact) mass is 341 g/mol. The molecular formula is C16H24BrNO2. The molecule has 1 N–H and O–H groups in total. The second-order valence-corrected chi connectivity index (χ2v) is 6.90. The van der Waals surface area contributed by atoms with Crippen molar-refractivity contribution in [2.45, 2.75) is 52.1 Å². The van der Waals surface area contributed by atoms with E-state index in [1.807, 2.05) is 12.1 Å². The van der Waals surface area contributed by atoms with E-state index in [2.05, 4.69) is 60.7 Å². The predicted molar refractivity (Wildman–Crippen MR) is 85.9 cm³/mol. The van der Waals surface area contributed by atoms with E-state index in [1.165, 1.54) is 5.56 Å². The molecule has 1 aromatic rings. The van der Waals surface area contributed by atoms with Gasteiger partial charge in [-0.2, -0.15) is 0 Å². The fraction of sp³-hybridized carbons (Fsp3) is 0.562. The zero-order valence-corrected chi connectivity index (χ0v) is 14.3. The molecule has 0 fully saturated rings. The summed E-state index contributed by atoms with van der Waals surface area (Å²) in [6.07, 6.45) is 1.12. The number of hydrogen-bond acceptors (Lipinski definition) is 2. The summed E-state index contributed by atoms with van der Waals surface area (Å²) < 4.78 is 1.06. The third kappa shape index (κ3) is 4.91. The van der Waals surface area contributed by atoms with Crippen LogP contribution in [0.5, 0.6) is 0 Å². The summed E-state index contributed by atoms with van der Waals surface area (Å²) in [6.45, 7) is 9.11. The van der Waals surface area contributed by atoms with E-state index >= 15 is 0 Å². The number of aliphatic carboxylic acids is 1. The van der Waals surface area contributed by atoms with Crippen molar-refractivity contribution in [3.05, 3.63) is 34.3 Å². The van der Waals surface area contributed by atoms with Crippen molar-refractivity contribution >= 4 is 21.9 Å². The van der Waals surface area contributed by atoms with Crippen molar-refractivity contribution in [1.82, 2.24) is 4.90 Å². The summed E-state index contributed by atoms with van der Waals surface area (Å²) in [6, 6.07) is 8.49. The van der Waals surface area contributed by atoms with E-state index < -0.39 is 5.97 Å². The molecule has 1 rings (SSSR count). The summed E-state index contributed by atoms with van der Waals surface area (Å²) in [5.41, 5.74) is 1.15. The second kappa shape index (κ2) is 7.23. The molecule has 112 valence electrons.